The number of amides is 2. The summed E-state index contributed by atoms with van der Waals surface area (Å²) < 4.78 is 0. The van der Waals surface area contributed by atoms with E-state index in [-0.39, 0.29) is 35.5 Å². The molecule has 0 aromatic heterocycles. The maximum atomic E-state index is 13.3. The molecule has 4 aliphatic rings. The smallest absolute Gasteiger partial charge is 0.234 e. The predicted molar refractivity (Wildman–Crippen MR) is 98.8 cm³/mol. The highest BCUT2D eigenvalue weighted by molar-refractivity contribution is 6.07. The highest BCUT2D eigenvalue weighted by Gasteiger charge is 2.61. The fourth-order valence-electron chi connectivity index (χ4n) is 5.26. The van der Waals surface area contributed by atoms with Gasteiger partial charge in [0.15, 0.2) is 0 Å². The van der Waals surface area contributed by atoms with Gasteiger partial charge in [0.1, 0.15) is 0 Å². The van der Waals surface area contributed by atoms with Crippen molar-refractivity contribution in [3.8, 4) is 0 Å². The summed E-state index contributed by atoms with van der Waals surface area (Å²) in [7, 11) is 3.93. The Morgan fingerprint density at radius 2 is 1.15 bits per heavy atom. The first-order valence-electron chi connectivity index (χ1n) is 9.27. The zero-order chi connectivity index (χ0) is 18.0. The van der Waals surface area contributed by atoms with Crippen molar-refractivity contribution < 1.29 is 9.59 Å². The number of benzene rings is 2. The number of rotatable bonds is 3. The second kappa shape index (κ2) is 5.52. The van der Waals surface area contributed by atoms with E-state index in [1.165, 1.54) is 27.2 Å². The maximum absolute atomic E-state index is 13.3. The summed E-state index contributed by atoms with van der Waals surface area (Å²) in [4.78, 5) is 30.1. The minimum absolute atomic E-state index is 0.00166. The fourth-order valence-corrected chi connectivity index (χ4v) is 5.26. The molecule has 4 heteroatoms. The van der Waals surface area contributed by atoms with Crippen LogP contribution < -0.4 is 0 Å². The van der Waals surface area contributed by atoms with Crippen molar-refractivity contribution in [1.29, 1.82) is 0 Å². The molecule has 1 saturated heterocycles. The highest BCUT2D eigenvalue weighted by Crippen LogP contribution is 2.60. The molecule has 3 aliphatic carbocycles. The van der Waals surface area contributed by atoms with Gasteiger partial charge >= 0.3 is 0 Å². The minimum Gasteiger partial charge on any atom is -0.308 e. The van der Waals surface area contributed by atoms with Crippen molar-refractivity contribution >= 4 is 11.8 Å². The first-order valence-corrected chi connectivity index (χ1v) is 9.27. The number of nitrogens with zero attached hydrogens (tertiary/aromatic N) is 2. The van der Waals surface area contributed by atoms with Crippen LogP contribution in [0.2, 0.25) is 0 Å². The Morgan fingerprint density at radius 3 is 1.50 bits per heavy atom. The first-order chi connectivity index (χ1) is 12.6. The molecular weight excluding hydrogens is 324 g/mol. The van der Waals surface area contributed by atoms with E-state index < -0.39 is 0 Å². The molecular formula is C22H22N2O2. The van der Waals surface area contributed by atoms with Gasteiger partial charge in [-0.2, -0.15) is 0 Å². The number of hydrogen-bond acceptors (Lipinski definition) is 3. The zero-order valence-corrected chi connectivity index (χ0v) is 15.1. The third kappa shape index (κ3) is 1.93. The average Bonchev–Trinajstić information content (AvgIpc) is 2.91. The van der Waals surface area contributed by atoms with Crippen LogP contribution in [0.3, 0.4) is 0 Å². The molecule has 26 heavy (non-hydrogen) atoms. The standard InChI is InChI=1S/C22H22N2O2/c1-23(2)11-12-24-21(25)19-17-13-7-3-4-8-14(13)18(20(19)22(24)26)16-10-6-5-9-15(16)17/h3-10,17-20H,11-12H2,1-2H3/t17?,18?,19-,20-/m1/s1. The normalized spacial score (nSPS) is 28.3. The van der Waals surface area contributed by atoms with Crippen LogP contribution in [0.1, 0.15) is 34.1 Å². The average molecular weight is 346 g/mol. The molecule has 0 N–H and O–H groups in total. The van der Waals surface area contributed by atoms with E-state index in [1.54, 1.807) is 0 Å². The Labute approximate surface area is 153 Å². The van der Waals surface area contributed by atoms with E-state index >= 15 is 0 Å². The molecule has 0 unspecified atom stereocenters. The van der Waals surface area contributed by atoms with Crippen molar-refractivity contribution in [2.45, 2.75) is 11.8 Å². The molecule has 2 aromatic carbocycles. The van der Waals surface area contributed by atoms with E-state index in [0.29, 0.717) is 13.1 Å². The third-order valence-electron chi connectivity index (χ3n) is 6.31. The number of carbonyl (C=O) groups excluding carboxylic acids is 2. The molecule has 1 heterocycles. The number of carbonyl (C=O) groups is 2. The molecule has 2 amide bonds. The summed E-state index contributed by atoms with van der Waals surface area (Å²) in [6.45, 7) is 1.18. The number of likely N-dealkylation sites (N-methyl/N-ethyl adjacent to an activating group) is 1. The number of hydrogen-bond donors (Lipinski definition) is 0. The van der Waals surface area contributed by atoms with Crippen LogP contribution in [0.4, 0.5) is 0 Å². The van der Waals surface area contributed by atoms with Crippen molar-refractivity contribution in [3.05, 3.63) is 70.8 Å². The van der Waals surface area contributed by atoms with Gasteiger partial charge in [0, 0.05) is 24.9 Å². The van der Waals surface area contributed by atoms with Crippen LogP contribution in [0.15, 0.2) is 48.5 Å². The second-order valence-corrected chi connectivity index (χ2v) is 7.90. The van der Waals surface area contributed by atoms with Gasteiger partial charge in [-0.05, 0) is 36.3 Å². The number of likely N-dealkylation sites (tertiary alicyclic amines) is 1. The van der Waals surface area contributed by atoms with Crippen LogP contribution >= 0.6 is 0 Å². The van der Waals surface area contributed by atoms with Gasteiger partial charge in [-0.15, -0.1) is 0 Å². The summed E-state index contributed by atoms with van der Waals surface area (Å²) in [6, 6.07) is 16.7. The van der Waals surface area contributed by atoms with Gasteiger partial charge in [-0.3, -0.25) is 14.5 Å². The molecule has 4 nitrogen and oxygen atoms in total. The van der Waals surface area contributed by atoms with Crippen molar-refractivity contribution in [2.75, 3.05) is 27.2 Å². The summed E-state index contributed by atoms with van der Waals surface area (Å²) in [6.07, 6.45) is 0. The SMILES string of the molecule is CN(C)CCN1C(=O)[C@@H]2C3c4ccccc4C(c4ccccc43)[C@H]2C1=O. The van der Waals surface area contributed by atoms with E-state index in [1.807, 2.05) is 43.3 Å². The van der Waals surface area contributed by atoms with Gasteiger partial charge in [0.25, 0.3) is 0 Å². The van der Waals surface area contributed by atoms with Gasteiger partial charge in [-0.1, -0.05) is 48.5 Å². The van der Waals surface area contributed by atoms with Crippen molar-refractivity contribution in [1.82, 2.24) is 9.80 Å². The predicted octanol–water partition coefficient (Wildman–Crippen LogP) is 2.44. The van der Waals surface area contributed by atoms with Crippen molar-refractivity contribution in [3.63, 3.8) is 0 Å². The van der Waals surface area contributed by atoms with Crippen LogP contribution in [0.25, 0.3) is 0 Å². The maximum Gasteiger partial charge on any atom is 0.234 e. The quantitative estimate of drug-likeness (QED) is 0.802. The molecule has 0 spiro atoms. The monoisotopic (exact) mass is 346 g/mol. The molecule has 0 radical (unpaired) electrons. The molecule has 1 fully saturated rings. The lowest BCUT2D eigenvalue weighted by Crippen LogP contribution is -2.41. The minimum atomic E-state index is -0.250. The Hall–Kier alpha value is -2.46. The molecule has 132 valence electrons. The zero-order valence-electron chi connectivity index (χ0n) is 15.1. The van der Waals surface area contributed by atoms with Gasteiger partial charge in [0.05, 0.1) is 11.8 Å². The van der Waals surface area contributed by atoms with Crippen LogP contribution in [0.5, 0.6) is 0 Å². The molecule has 1 aliphatic heterocycles. The molecule has 2 atom stereocenters. The fraction of sp³-hybridized carbons (Fsp3) is 0.364. The van der Waals surface area contributed by atoms with Crippen LogP contribution in [-0.4, -0.2) is 48.8 Å². The largest absolute Gasteiger partial charge is 0.308 e. The van der Waals surface area contributed by atoms with Crippen molar-refractivity contribution in [2.24, 2.45) is 11.8 Å². The van der Waals surface area contributed by atoms with Gasteiger partial charge < -0.3 is 4.90 Å². The number of imide groups is 1. The molecule has 2 aromatic rings. The Bertz CT molecular complexity index is 804. The summed E-state index contributed by atoms with van der Waals surface area (Å²) in [5, 5.41) is 0. The lowest BCUT2D eigenvalue weighted by atomic mass is 9.55. The third-order valence-corrected chi connectivity index (χ3v) is 6.31. The Balaban J connectivity index is 1.66. The summed E-state index contributed by atoms with van der Waals surface area (Å²) in [5.41, 5.74) is 4.92. The van der Waals surface area contributed by atoms with E-state index in [4.69, 9.17) is 0 Å². The lowest BCUT2D eigenvalue weighted by Gasteiger charge is -2.45. The first kappa shape index (κ1) is 15.8. The summed E-state index contributed by atoms with van der Waals surface area (Å²) >= 11 is 0. The molecule has 6 rings (SSSR count). The van der Waals surface area contributed by atoms with Gasteiger partial charge in [0.2, 0.25) is 11.8 Å². The van der Waals surface area contributed by atoms with E-state index in [0.717, 1.165) is 0 Å². The van der Waals surface area contributed by atoms with Crippen LogP contribution in [-0.2, 0) is 9.59 Å². The topological polar surface area (TPSA) is 40.6 Å². The highest BCUT2D eigenvalue weighted by atomic mass is 16.2. The lowest BCUT2D eigenvalue weighted by molar-refractivity contribution is -0.140. The van der Waals surface area contributed by atoms with Gasteiger partial charge in [-0.25, -0.2) is 0 Å². The van der Waals surface area contributed by atoms with Crippen LogP contribution in [0, 0.1) is 11.8 Å². The van der Waals surface area contributed by atoms with E-state index in [9.17, 15) is 9.59 Å². The Morgan fingerprint density at radius 1 is 0.769 bits per heavy atom. The molecule has 2 bridgehead atoms. The van der Waals surface area contributed by atoms with E-state index in [2.05, 4.69) is 24.3 Å². The summed E-state index contributed by atoms with van der Waals surface area (Å²) in [5.74, 6) is -0.475. The molecule has 0 saturated carbocycles. The second-order valence-electron chi connectivity index (χ2n) is 7.90. The Kier molecular flexibility index (Phi) is 3.35.